The number of hydrogen-bond donors (Lipinski definition) is 0. The normalized spacial score (nSPS) is 12.9. The fourth-order valence-corrected chi connectivity index (χ4v) is 3.34. The molecule has 0 atom stereocenters. The van der Waals surface area contributed by atoms with Crippen LogP contribution in [0, 0.1) is 0 Å². The Hall–Kier alpha value is -0.410. The zero-order valence-corrected chi connectivity index (χ0v) is 13.3. The Morgan fingerprint density at radius 3 is 2.32 bits per heavy atom. The molecule has 1 heterocycles. The number of hydrogen-bond acceptors (Lipinski definition) is 5. The van der Waals surface area contributed by atoms with Crippen LogP contribution in [0.4, 0.5) is 0 Å². The van der Waals surface area contributed by atoms with Gasteiger partial charge in [-0.1, -0.05) is 23.2 Å². The summed E-state index contributed by atoms with van der Waals surface area (Å²) in [4.78, 5) is 3.50. The predicted molar refractivity (Wildman–Crippen MR) is 73.8 cm³/mol. The lowest BCUT2D eigenvalue weighted by Gasteiger charge is -2.16. The lowest BCUT2D eigenvalue weighted by Crippen LogP contribution is -2.31. The van der Waals surface area contributed by atoms with Crippen LogP contribution in [-0.2, 0) is 19.9 Å². The average molecular weight is 347 g/mol. The summed E-state index contributed by atoms with van der Waals surface area (Å²) < 4.78 is 47.2. The maximum atomic E-state index is 12.1. The highest BCUT2D eigenvalue weighted by Gasteiger charge is 2.23. The molecule has 1 aromatic rings. The number of aromatic nitrogens is 1. The van der Waals surface area contributed by atoms with Crippen molar-refractivity contribution in [3.05, 3.63) is 22.4 Å². The van der Waals surface area contributed by atoms with E-state index in [1.165, 1.54) is 13.1 Å². The molecule has 108 valence electrons. The third-order valence-electron chi connectivity index (χ3n) is 2.26. The average Bonchev–Trinajstić information content (AvgIpc) is 2.28. The Kier molecular flexibility index (Phi) is 5.19. The van der Waals surface area contributed by atoms with Gasteiger partial charge in [-0.05, 0) is 6.07 Å². The molecule has 19 heavy (non-hydrogen) atoms. The van der Waals surface area contributed by atoms with Gasteiger partial charge in [-0.3, -0.25) is 0 Å². The van der Waals surface area contributed by atoms with Crippen molar-refractivity contribution in [1.29, 1.82) is 0 Å². The van der Waals surface area contributed by atoms with Crippen molar-refractivity contribution in [3.8, 4) is 0 Å². The second-order valence-corrected chi connectivity index (χ2v) is 8.97. The highest BCUT2D eigenvalue weighted by Crippen LogP contribution is 2.23. The monoisotopic (exact) mass is 346 g/mol. The number of nitrogens with zero attached hydrogens (tertiary/aromatic N) is 2. The molecule has 0 aliphatic rings. The number of sulfonamides is 1. The summed E-state index contributed by atoms with van der Waals surface area (Å²) >= 11 is 11.3. The summed E-state index contributed by atoms with van der Waals surface area (Å²) in [6.07, 6.45) is 2.11. The molecule has 0 amide bonds. The Labute approximate surface area is 122 Å². The van der Waals surface area contributed by atoms with Crippen LogP contribution in [0.1, 0.15) is 0 Å². The molecule has 0 unspecified atom stereocenters. The standard InChI is InChI=1S/C9H12Cl2N2O4S2/c1-13(3-4-18(2,14)15)19(16,17)7-5-8(10)9(11)12-6-7/h5-6H,3-4H2,1-2H3. The summed E-state index contributed by atoms with van der Waals surface area (Å²) in [5.41, 5.74) is 0. The zero-order valence-electron chi connectivity index (χ0n) is 10.2. The van der Waals surface area contributed by atoms with Crippen molar-refractivity contribution in [3.63, 3.8) is 0 Å². The Balaban J connectivity index is 3.00. The molecule has 0 saturated heterocycles. The molecule has 0 aliphatic heterocycles. The van der Waals surface area contributed by atoms with Crippen LogP contribution in [0.25, 0.3) is 0 Å². The van der Waals surface area contributed by atoms with E-state index < -0.39 is 19.9 Å². The molecule has 1 aromatic heterocycles. The topological polar surface area (TPSA) is 84.4 Å². The van der Waals surface area contributed by atoms with E-state index in [4.69, 9.17) is 23.2 Å². The highest BCUT2D eigenvalue weighted by molar-refractivity contribution is 7.91. The van der Waals surface area contributed by atoms with E-state index in [-0.39, 0.29) is 27.4 Å². The SMILES string of the molecule is CN(CCS(C)(=O)=O)S(=O)(=O)c1cnc(Cl)c(Cl)c1. The fourth-order valence-electron chi connectivity index (χ4n) is 1.14. The zero-order chi connectivity index (χ0) is 14.8. The van der Waals surface area contributed by atoms with E-state index in [1.807, 2.05) is 0 Å². The molecule has 10 heteroatoms. The summed E-state index contributed by atoms with van der Waals surface area (Å²) in [5.74, 6) is -0.266. The van der Waals surface area contributed by atoms with Gasteiger partial charge in [0.05, 0.1) is 10.8 Å². The molecule has 0 bridgehead atoms. The molecule has 0 spiro atoms. The Bertz CT molecular complexity index is 673. The molecular formula is C9H12Cl2N2O4S2. The Morgan fingerprint density at radius 1 is 1.26 bits per heavy atom. The highest BCUT2D eigenvalue weighted by atomic mass is 35.5. The number of pyridine rings is 1. The third kappa shape index (κ3) is 4.57. The summed E-state index contributed by atoms with van der Waals surface area (Å²) in [6.45, 7) is -0.151. The van der Waals surface area contributed by atoms with Crippen LogP contribution in [0.15, 0.2) is 17.2 Å². The number of halogens is 2. The second-order valence-electron chi connectivity index (χ2n) is 3.90. The van der Waals surface area contributed by atoms with E-state index in [1.54, 1.807) is 0 Å². The molecule has 0 saturated carbocycles. The van der Waals surface area contributed by atoms with Crippen molar-refractivity contribution in [1.82, 2.24) is 9.29 Å². The largest absolute Gasteiger partial charge is 0.244 e. The van der Waals surface area contributed by atoms with Gasteiger partial charge in [0.25, 0.3) is 0 Å². The molecule has 0 aromatic carbocycles. The Morgan fingerprint density at radius 2 is 1.84 bits per heavy atom. The first kappa shape index (κ1) is 16.6. The van der Waals surface area contributed by atoms with Gasteiger partial charge in [0, 0.05) is 26.0 Å². The first-order chi connectivity index (χ1) is 8.54. The molecule has 0 radical (unpaired) electrons. The minimum absolute atomic E-state index is 0.000550. The van der Waals surface area contributed by atoms with Crippen molar-refractivity contribution in [2.75, 3.05) is 25.6 Å². The minimum Gasteiger partial charge on any atom is -0.242 e. The van der Waals surface area contributed by atoms with Gasteiger partial charge in [0.1, 0.15) is 19.9 Å². The van der Waals surface area contributed by atoms with Crippen molar-refractivity contribution in [2.24, 2.45) is 0 Å². The molecule has 0 fully saturated rings. The van der Waals surface area contributed by atoms with Crippen LogP contribution in [0.3, 0.4) is 0 Å². The van der Waals surface area contributed by atoms with Gasteiger partial charge >= 0.3 is 0 Å². The van der Waals surface area contributed by atoms with Crippen LogP contribution in [0.5, 0.6) is 0 Å². The van der Waals surface area contributed by atoms with Gasteiger partial charge in [-0.25, -0.2) is 21.8 Å². The maximum Gasteiger partial charge on any atom is 0.244 e. The first-order valence-electron chi connectivity index (χ1n) is 4.99. The van der Waals surface area contributed by atoms with Crippen LogP contribution < -0.4 is 0 Å². The van der Waals surface area contributed by atoms with E-state index in [0.29, 0.717) is 0 Å². The lowest BCUT2D eigenvalue weighted by atomic mass is 10.5. The number of rotatable bonds is 5. The first-order valence-corrected chi connectivity index (χ1v) is 9.25. The molecule has 0 aliphatic carbocycles. The second kappa shape index (κ2) is 5.92. The van der Waals surface area contributed by atoms with Crippen molar-refractivity contribution < 1.29 is 16.8 Å². The predicted octanol–water partition coefficient (Wildman–Crippen LogP) is 1.05. The number of sulfone groups is 1. The quantitative estimate of drug-likeness (QED) is 0.744. The fraction of sp³-hybridized carbons (Fsp3) is 0.444. The van der Waals surface area contributed by atoms with Gasteiger partial charge in [-0.2, -0.15) is 4.31 Å². The van der Waals surface area contributed by atoms with Gasteiger partial charge in [0.15, 0.2) is 0 Å². The summed E-state index contributed by atoms with van der Waals surface area (Å²) in [5, 5.41) is 0.0126. The van der Waals surface area contributed by atoms with Crippen molar-refractivity contribution >= 4 is 43.1 Å². The van der Waals surface area contributed by atoms with Crippen LogP contribution in [0.2, 0.25) is 10.2 Å². The van der Waals surface area contributed by atoms with Crippen LogP contribution in [-0.4, -0.2) is 51.7 Å². The van der Waals surface area contributed by atoms with E-state index >= 15 is 0 Å². The van der Waals surface area contributed by atoms with E-state index in [2.05, 4.69) is 4.98 Å². The van der Waals surface area contributed by atoms with Gasteiger partial charge in [-0.15, -0.1) is 0 Å². The molecule has 6 nitrogen and oxygen atoms in total. The minimum atomic E-state index is -3.84. The third-order valence-corrected chi connectivity index (χ3v) is 5.69. The maximum absolute atomic E-state index is 12.1. The molecular weight excluding hydrogens is 335 g/mol. The lowest BCUT2D eigenvalue weighted by molar-refractivity contribution is 0.484. The van der Waals surface area contributed by atoms with E-state index in [9.17, 15) is 16.8 Å². The summed E-state index contributed by atoms with van der Waals surface area (Å²) in [7, 11) is -5.80. The smallest absolute Gasteiger partial charge is 0.242 e. The van der Waals surface area contributed by atoms with E-state index in [0.717, 1.165) is 16.8 Å². The van der Waals surface area contributed by atoms with Crippen LogP contribution >= 0.6 is 23.2 Å². The van der Waals surface area contributed by atoms with Gasteiger partial charge < -0.3 is 0 Å². The summed E-state index contributed by atoms with van der Waals surface area (Å²) in [6, 6.07) is 1.17. The van der Waals surface area contributed by atoms with Crippen molar-refractivity contribution in [2.45, 2.75) is 4.90 Å². The molecule has 0 N–H and O–H groups in total. The molecule has 1 rings (SSSR count). The van der Waals surface area contributed by atoms with Gasteiger partial charge in [0.2, 0.25) is 10.0 Å².